The van der Waals surface area contributed by atoms with Crippen LogP contribution in [0.25, 0.3) is 0 Å². The summed E-state index contributed by atoms with van der Waals surface area (Å²) in [6.07, 6.45) is 2.95. The maximum absolute atomic E-state index is 11.3. The van der Waals surface area contributed by atoms with E-state index in [9.17, 15) is 8.42 Å². The molecule has 0 saturated heterocycles. The first kappa shape index (κ1) is 12.6. The van der Waals surface area contributed by atoms with Gasteiger partial charge in [-0.2, -0.15) is 0 Å². The molecule has 0 aliphatic rings. The highest BCUT2D eigenvalue weighted by Gasteiger charge is 2.06. The van der Waals surface area contributed by atoms with Crippen molar-refractivity contribution < 1.29 is 8.42 Å². The number of aromatic nitrogens is 2. The Balaban J connectivity index is 2.03. The third kappa shape index (κ3) is 3.10. The third-order valence-electron chi connectivity index (χ3n) is 2.51. The summed E-state index contributed by atoms with van der Waals surface area (Å²) in [7, 11) is -3.12. The summed E-state index contributed by atoms with van der Waals surface area (Å²) >= 11 is 0. The summed E-state index contributed by atoms with van der Waals surface area (Å²) in [5.41, 5.74) is 1.99. The Morgan fingerprint density at radius 1 is 1.28 bits per heavy atom. The molecule has 96 valence electrons. The number of H-pyrrole nitrogens is 1. The first-order valence-corrected chi connectivity index (χ1v) is 7.39. The Kier molecular flexibility index (Phi) is 3.38. The number of benzene rings is 1. The van der Waals surface area contributed by atoms with Gasteiger partial charge in [0.15, 0.2) is 9.84 Å². The normalized spacial score (nSPS) is 11.4. The van der Waals surface area contributed by atoms with Crippen LogP contribution < -0.4 is 5.32 Å². The number of anilines is 1. The number of rotatable bonds is 4. The molecule has 0 unspecified atom stereocenters. The zero-order valence-electron chi connectivity index (χ0n) is 10.3. The van der Waals surface area contributed by atoms with Crippen LogP contribution in [0.4, 0.5) is 5.95 Å². The lowest BCUT2D eigenvalue weighted by Gasteiger charge is -2.04. The molecule has 18 heavy (non-hydrogen) atoms. The monoisotopic (exact) mass is 265 g/mol. The topological polar surface area (TPSA) is 74.8 Å². The van der Waals surface area contributed by atoms with Gasteiger partial charge in [0.25, 0.3) is 0 Å². The predicted octanol–water partition coefficient (Wildman–Crippen LogP) is 1.73. The van der Waals surface area contributed by atoms with Crippen LogP contribution in [-0.2, 0) is 16.4 Å². The van der Waals surface area contributed by atoms with E-state index in [1.807, 2.05) is 6.92 Å². The van der Waals surface area contributed by atoms with E-state index in [0.717, 1.165) is 11.3 Å². The van der Waals surface area contributed by atoms with E-state index in [1.54, 1.807) is 30.5 Å². The fourth-order valence-corrected chi connectivity index (χ4v) is 2.17. The lowest BCUT2D eigenvalue weighted by atomic mass is 10.2. The zero-order chi connectivity index (χ0) is 13.2. The van der Waals surface area contributed by atoms with Gasteiger partial charge in [0.05, 0.1) is 4.90 Å². The molecule has 5 nitrogen and oxygen atoms in total. The molecule has 6 heteroatoms. The highest BCUT2D eigenvalue weighted by atomic mass is 32.2. The van der Waals surface area contributed by atoms with E-state index in [2.05, 4.69) is 15.3 Å². The van der Waals surface area contributed by atoms with Gasteiger partial charge in [-0.05, 0) is 24.6 Å². The molecule has 2 N–H and O–H groups in total. The van der Waals surface area contributed by atoms with Crippen molar-refractivity contribution in [1.82, 2.24) is 9.97 Å². The highest BCUT2D eigenvalue weighted by Crippen LogP contribution is 2.11. The molecule has 0 saturated carbocycles. The first-order chi connectivity index (χ1) is 8.45. The second-order valence-electron chi connectivity index (χ2n) is 4.18. The van der Waals surface area contributed by atoms with Crippen LogP contribution in [0.1, 0.15) is 11.3 Å². The van der Waals surface area contributed by atoms with Crippen LogP contribution in [0.3, 0.4) is 0 Å². The van der Waals surface area contributed by atoms with E-state index in [-0.39, 0.29) is 0 Å². The van der Waals surface area contributed by atoms with Crippen molar-refractivity contribution in [3.8, 4) is 0 Å². The SMILES string of the molecule is Cc1cnc(NCc2ccc(S(C)(=O)=O)cc2)[nH]1. The summed E-state index contributed by atoms with van der Waals surface area (Å²) in [6, 6.07) is 6.80. The smallest absolute Gasteiger partial charge is 0.200 e. The van der Waals surface area contributed by atoms with Crippen LogP contribution in [0.15, 0.2) is 35.4 Å². The summed E-state index contributed by atoms with van der Waals surface area (Å²) in [5.74, 6) is 0.708. The summed E-state index contributed by atoms with van der Waals surface area (Å²) in [6.45, 7) is 2.52. The average molecular weight is 265 g/mol. The molecule has 0 bridgehead atoms. The number of aromatic amines is 1. The molecular formula is C12H15N3O2S. The molecule has 0 amide bonds. The van der Waals surface area contributed by atoms with Gasteiger partial charge in [-0.3, -0.25) is 0 Å². The highest BCUT2D eigenvalue weighted by molar-refractivity contribution is 7.90. The van der Waals surface area contributed by atoms with Crippen LogP contribution in [0, 0.1) is 6.92 Å². The molecule has 1 aromatic carbocycles. The minimum atomic E-state index is -3.12. The van der Waals surface area contributed by atoms with Gasteiger partial charge in [-0.25, -0.2) is 13.4 Å². The van der Waals surface area contributed by atoms with Gasteiger partial charge in [-0.15, -0.1) is 0 Å². The Hall–Kier alpha value is -1.82. The van der Waals surface area contributed by atoms with Crippen LogP contribution in [0.5, 0.6) is 0 Å². The summed E-state index contributed by atoms with van der Waals surface area (Å²) in [4.78, 5) is 7.52. The Labute approximate surface area is 106 Å². The van der Waals surface area contributed by atoms with Gasteiger partial charge in [0.1, 0.15) is 0 Å². The maximum atomic E-state index is 11.3. The standard InChI is InChI=1S/C12H15N3O2S/c1-9-7-13-12(15-9)14-8-10-3-5-11(6-4-10)18(2,16)17/h3-7H,8H2,1-2H3,(H2,13,14,15). The lowest BCUT2D eigenvalue weighted by Crippen LogP contribution is -2.02. The van der Waals surface area contributed by atoms with Gasteiger partial charge >= 0.3 is 0 Å². The molecule has 1 heterocycles. The predicted molar refractivity (Wildman–Crippen MR) is 70.2 cm³/mol. The average Bonchev–Trinajstić information content (AvgIpc) is 2.72. The molecule has 0 fully saturated rings. The van der Waals surface area contributed by atoms with Crippen LogP contribution in [-0.4, -0.2) is 24.6 Å². The van der Waals surface area contributed by atoms with E-state index in [0.29, 0.717) is 17.4 Å². The maximum Gasteiger partial charge on any atom is 0.200 e. The number of aryl methyl sites for hydroxylation is 1. The minimum absolute atomic E-state index is 0.333. The van der Waals surface area contributed by atoms with E-state index in [4.69, 9.17) is 0 Å². The quantitative estimate of drug-likeness (QED) is 0.883. The van der Waals surface area contributed by atoms with Gasteiger partial charge in [0, 0.05) is 24.7 Å². The Morgan fingerprint density at radius 2 is 1.94 bits per heavy atom. The van der Waals surface area contributed by atoms with Crippen LogP contribution >= 0.6 is 0 Å². The van der Waals surface area contributed by atoms with Crippen molar-refractivity contribution in [1.29, 1.82) is 0 Å². The first-order valence-electron chi connectivity index (χ1n) is 5.49. The van der Waals surface area contributed by atoms with Crippen LogP contribution in [0.2, 0.25) is 0 Å². The molecule has 0 atom stereocenters. The number of nitrogens with zero attached hydrogens (tertiary/aromatic N) is 1. The third-order valence-corrected chi connectivity index (χ3v) is 3.64. The van der Waals surface area contributed by atoms with E-state index in [1.165, 1.54) is 6.26 Å². The molecule has 2 rings (SSSR count). The van der Waals surface area contributed by atoms with E-state index < -0.39 is 9.84 Å². The fourth-order valence-electron chi connectivity index (χ4n) is 1.54. The Bertz CT molecular complexity index is 630. The van der Waals surface area contributed by atoms with Crippen molar-refractivity contribution in [3.05, 3.63) is 41.7 Å². The summed E-state index contributed by atoms with van der Waals surface area (Å²) in [5, 5.41) is 3.12. The second kappa shape index (κ2) is 4.81. The summed E-state index contributed by atoms with van der Waals surface area (Å²) < 4.78 is 22.6. The molecule has 0 spiro atoms. The molecule has 2 aromatic rings. The van der Waals surface area contributed by atoms with Crippen molar-refractivity contribution in [2.45, 2.75) is 18.4 Å². The molecule has 0 aliphatic heterocycles. The van der Waals surface area contributed by atoms with Gasteiger partial charge < -0.3 is 10.3 Å². The zero-order valence-corrected chi connectivity index (χ0v) is 11.1. The second-order valence-corrected chi connectivity index (χ2v) is 6.20. The number of sulfone groups is 1. The molecule has 0 radical (unpaired) electrons. The number of hydrogen-bond donors (Lipinski definition) is 2. The number of imidazole rings is 1. The van der Waals surface area contributed by atoms with Crippen molar-refractivity contribution in [3.63, 3.8) is 0 Å². The fraction of sp³-hybridized carbons (Fsp3) is 0.250. The molecule has 1 aromatic heterocycles. The van der Waals surface area contributed by atoms with Crippen molar-refractivity contribution >= 4 is 15.8 Å². The molecular weight excluding hydrogens is 250 g/mol. The largest absolute Gasteiger partial charge is 0.352 e. The number of hydrogen-bond acceptors (Lipinski definition) is 4. The van der Waals surface area contributed by atoms with Gasteiger partial charge in [0.2, 0.25) is 5.95 Å². The lowest BCUT2D eigenvalue weighted by molar-refractivity contribution is 0.602. The Morgan fingerprint density at radius 3 is 2.44 bits per heavy atom. The molecule has 0 aliphatic carbocycles. The van der Waals surface area contributed by atoms with E-state index >= 15 is 0 Å². The minimum Gasteiger partial charge on any atom is -0.352 e. The van der Waals surface area contributed by atoms with Crippen molar-refractivity contribution in [2.24, 2.45) is 0 Å². The van der Waals surface area contributed by atoms with Crippen molar-refractivity contribution in [2.75, 3.05) is 11.6 Å². The van der Waals surface area contributed by atoms with Gasteiger partial charge in [-0.1, -0.05) is 12.1 Å². The number of nitrogens with one attached hydrogen (secondary N) is 2.